The third-order valence-electron chi connectivity index (χ3n) is 0.938. The summed E-state index contributed by atoms with van der Waals surface area (Å²) in [5.41, 5.74) is 0. The molecule has 1 aromatic rings. The molecule has 0 saturated heterocycles. The second-order valence-corrected chi connectivity index (χ2v) is 2.59. The molecule has 0 atom stereocenters. The van der Waals surface area contributed by atoms with E-state index >= 15 is 0 Å². The molecule has 1 rings (SSSR count). The van der Waals surface area contributed by atoms with Gasteiger partial charge in [-0.25, -0.2) is 0 Å². The van der Waals surface area contributed by atoms with Crippen LogP contribution in [-0.2, 0) is 6.42 Å². The largest absolute Gasteiger partial charge is 2.00 e. The summed E-state index contributed by atoms with van der Waals surface area (Å²) in [5.74, 6) is 0. The smallest absolute Gasteiger partial charge is 1.00 e. The topological polar surface area (TPSA) is 20.2 Å². The summed E-state index contributed by atoms with van der Waals surface area (Å²) in [6, 6.07) is 4.02. The van der Waals surface area contributed by atoms with Gasteiger partial charge in [0.2, 0.25) is 0 Å². The number of thiophene rings is 1. The molecule has 56 valence electrons. The average molecular weight is 191 g/mol. The molecule has 0 aliphatic carbocycles. The van der Waals surface area contributed by atoms with Crippen LogP contribution in [0.25, 0.3) is 0 Å². The molecule has 0 amide bonds. The van der Waals surface area contributed by atoms with Gasteiger partial charge in [-0.3, -0.25) is 0 Å². The van der Waals surface area contributed by atoms with Gasteiger partial charge in [0.15, 0.2) is 0 Å². The molecule has 0 aromatic carbocycles. The Balaban J connectivity index is -0.0000000800. The molecule has 1 nitrogen and oxygen atoms in total. The Morgan fingerprint density at radius 2 is 2.30 bits per heavy atom. The van der Waals surface area contributed by atoms with Gasteiger partial charge in [0.25, 0.3) is 0 Å². The zero-order valence-electron chi connectivity index (χ0n) is 7.62. The van der Waals surface area contributed by atoms with Crippen LogP contribution >= 0.6 is 23.7 Å². The molecule has 0 radical (unpaired) electrons. The van der Waals surface area contributed by atoms with Crippen LogP contribution in [0.5, 0.6) is 0 Å². The summed E-state index contributed by atoms with van der Waals surface area (Å²) in [6.07, 6.45) is 0.803. The maximum absolute atomic E-state index is 8.44. The van der Waals surface area contributed by atoms with Crippen LogP contribution < -0.4 is 0 Å². The molecule has 10 heavy (non-hydrogen) atoms. The normalized spacial score (nSPS) is 7.70. The quantitative estimate of drug-likeness (QED) is 0.703. The Hall–Kier alpha value is 0.716. The zero-order chi connectivity index (χ0) is 5.82. The molecule has 0 aliphatic rings. The molecule has 0 aliphatic heterocycles. The number of hydrogen-bond acceptors (Lipinski definition) is 2. The molecular formula is C6H11ClMgOS. The number of aliphatic hydroxyl groups is 1. The van der Waals surface area contributed by atoms with Gasteiger partial charge in [-0.05, 0) is 11.4 Å². The standard InChI is InChI=1S/C6H8OS.ClH.Mg.2H/c7-4-3-6-2-1-5-8-6;;;;/h1-2,5,7H,3-4H2;1H;;;/q;;+2;2*-1. The van der Waals surface area contributed by atoms with Crippen molar-refractivity contribution >= 4 is 46.8 Å². The predicted octanol–water partition coefficient (Wildman–Crippen LogP) is 1.55. The first kappa shape index (κ1) is 13.3. The Labute approximate surface area is 90.0 Å². The van der Waals surface area contributed by atoms with Crippen LogP contribution in [0.2, 0.25) is 0 Å². The fourth-order valence-electron chi connectivity index (χ4n) is 0.565. The van der Waals surface area contributed by atoms with Crippen molar-refractivity contribution in [3.05, 3.63) is 22.4 Å². The summed E-state index contributed by atoms with van der Waals surface area (Å²) >= 11 is 1.69. The van der Waals surface area contributed by atoms with Crippen molar-refractivity contribution in [3.63, 3.8) is 0 Å². The van der Waals surface area contributed by atoms with E-state index in [1.54, 1.807) is 11.3 Å². The molecule has 0 spiro atoms. The van der Waals surface area contributed by atoms with Gasteiger partial charge >= 0.3 is 23.1 Å². The molecule has 0 bridgehead atoms. The number of hydrogen-bond donors (Lipinski definition) is 1. The fourth-order valence-corrected chi connectivity index (χ4v) is 1.26. The maximum Gasteiger partial charge on any atom is 2.00 e. The first-order valence-corrected chi connectivity index (χ1v) is 3.44. The Bertz CT molecular complexity index is 151. The average Bonchev–Trinajstić information content (AvgIpc) is 2.19. The van der Waals surface area contributed by atoms with E-state index in [0.29, 0.717) is 0 Å². The Morgan fingerprint density at radius 1 is 1.60 bits per heavy atom. The van der Waals surface area contributed by atoms with E-state index in [4.69, 9.17) is 5.11 Å². The third-order valence-corrected chi connectivity index (χ3v) is 1.87. The van der Waals surface area contributed by atoms with Gasteiger partial charge in [0.1, 0.15) is 0 Å². The van der Waals surface area contributed by atoms with Crippen LogP contribution in [-0.4, -0.2) is 34.8 Å². The predicted molar refractivity (Wildman–Crippen MR) is 50.3 cm³/mol. The molecular weight excluding hydrogens is 180 g/mol. The van der Waals surface area contributed by atoms with E-state index in [-0.39, 0.29) is 44.9 Å². The van der Waals surface area contributed by atoms with E-state index < -0.39 is 0 Å². The van der Waals surface area contributed by atoms with Crippen molar-refractivity contribution in [1.82, 2.24) is 0 Å². The van der Waals surface area contributed by atoms with Crippen LogP contribution in [0.3, 0.4) is 0 Å². The van der Waals surface area contributed by atoms with E-state index in [9.17, 15) is 0 Å². The minimum atomic E-state index is 0. The van der Waals surface area contributed by atoms with Crippen molar-refractivity contribution in [2.45, 2.75) is 6.42 Å². The number of aliphatic hydroxyl groups excluding tert-OH is 1. The van der Waals surface area contributed by atoms with E-state index in [1.807, 2.05) is 17.5 Å². The van der Waals surface area contributed by atoms with Crippen molar-refractivity contribution in [3.8, 4) is 0 Å². The minimum absolute atomic E-state index is 0. The summed E-state index contributed by atoms with van der Waals surface area (Å²) in [5, 5.41) is 10.5. The number of halogens is 1. The second kappa shape index (κ2) is 7.82. The van der Waals surface area contributed by atoms with Gasteiger partial charge in [0, 0.05) is 17.9 Å². The Morgan fingerprint density at radius 3 is 2.70 bits per heavy atom. The Kier molecular flexibility index (Phi) is 10.4. The first-order valence-electron chi connectivity index (χ1n) is 2.56. The van der Waals surface area contributed by atoms with Gasteiger partial charge in [-0.15, -0.1) is 23.7 Å². The van der Waals surface area contributed by atoms with Crippen LogP contribution in [0.4, 0.5) is 0 Å². The summed E-state index contributed by atoms with van der Waals surface area (Å²) in [4.78, 5) is 1.26. The van der Waals surface area contributed by atoms with Crippen molar-refractivity contribution in [1.29, 1.82) is 0 Å². The monoisotopic (exact) mass is 190 g/mol. The van der Waals surface area contributed by atoms with E-state index in [2.05, 4.69) is 0 Å². The van der Waals surface area contributed by atoms with Gasteiger partial charge < -0.3 is 7.96 Å². The summed E-state index contributed by atoms with van der Waals surface area (Å²) in [6.45, 7) is 0.264. The number of rotatable bonds is 2. The van der Waals surface area contributed by atoms with Crippen LogP contribution in [0.1, 0.15) is 7.73 Å². The van der Waals surface area contributed by atoms with Crippen molar-refractivity contribution < 1.29 is 7.96 Å². The molecule has 0 fully saturated rings. The second-order valence-electron chi connectivity index (χ2n) is 1.55. The first-order chi connectivity index (χ1) is 3.93. The van der Waals surface area contributed by atoms with E-state index in [0.717, 1.165) is 6.42 Å². The molecule has 0 saturated carbocycles. The van der Waals surface area contributed by atoms with Crippen molar-refractivity contribution in [2.24, 2.45) is 0 Å². The molecule has 0 unspecified atom stereocenters. The SMILES string of the molecule is Cl.OCCc1cccs1.[H-].[H-].[Mg+2]. The van der Waals surface area contributed by atoms with Crippen LogP contribution in [0.15, 0.2) is 17.5 Å². The molecule has 1 heterocycles. The zero-order valence-corrected chi connectivity index (χ0v) is 8.66. The summed E-state index contributed by atoms with van der Waals surface area (Å²) < 4.78 is 0. The van der Waals surface area contributed by atoms with Crippen molar-refractivity contribution in [2.75, 3.05) is 6.61 Å². The van der Waals surface area contributed by atoms with Gasteiger partial charge in [-0.1, -0.05) is 6.07 Å². The van der Waals surface area contributed by atoms with Gasteiger partial charge in [0.05, 0.1) is 0 Å². The van der Waals surface area contributed by atoms with Crippen LogP contribution in [0, 0.1) is 0 Å². The molecule has 1 N–H and O–H groups in total. The fraction of sp³-hybridized carbons (Fsp3) is 0.333. The molecule has 4 heteroatoms. The minimum Gasteiger partial charge on any atom is -1.00 e. The summed E-state index contributed by atoms with van der Waals surface area (Å²) in [7, 11) is 0. The maximum atomic E-state index is 8.44. The van der Waals surface area contributed by atoms with E-state index in [1.165, 1.54) is 4.88 Å². The molecule has 1 aromatic heterocycles. The van der Waals surface area contributed by atoms with Gasteiger partial charge in [-0.2, -0.15) is 0 Å². The third kappa shape index (κ3) is 4.52.